The fourth-order valence-corrected chi connectivity index (χ4v) is 4.95. The van der Waals surface area contributed by atoms with Crippen LogP contribution in [0.15, 0.2) is 36.9 Å². The molecule has 0 saturated heterocycles. The van der Waals surface area contributed by atoms with E-state index in [1.807, 2.05) is 56.8 Å². The molecule has 0 spiro atoms. The number of aryl methyl sites for hydroxylation is 1. The zero-order valence-corrected chi connectivity index (χ0v) is 22.1. The van der Waals surface area contributed by atoms with Gasteiger partial charge in [-0.2, -0.15) is 4.98 Å². The topological polar surface area (TPSA) is 77.3 Å². The number of benzene rings is 1. The van der Waals surface area contributed by atoms with Gasteiger partial charge in [-0.3, -0.25) is 0 Å². The number of nitrogens with one attached hydrogen (secondary N) is 1. The molecule has 1 aliphatic heterocycles. The van der Waals surface area contributed by atoms with Crippen LogP contribution in [0.3, 0.4) is 0 Å². The third-order valence-electron chi connectivity index (χ3n) is 7.02. The van der Waals surface area contributed by atoms with E-state index in [9.17, 15) is 4.39 Å². The SMILES string of the molecule is CC.COc1cc(Nc2ncc3c(n2)N(C)C(C2CCC(C)(F)CC2)CO3)ccc1-n1cnc(C)c1.[HH]. The summed E-state index contributed by atoms with van der Waals surface area (Å²) in [6.07, 6.45) is 8.34. The lowest BCUT2D eigenvalue weighted by Crippen LogP contribution is -2.48. The van der Waals surface area contributed by atoms with Gasteiger partial charge in [-0.1, -0.05) is 13.8 Å². The Balaban J connectivity index is 0.00000124. The molecule has 1 atom stereocenters. The zero-order valence-electron chi connectivity index (χ0n) is 22.1. The van der Waals surface area contributed by atoms with Crippen molar-refractivity contribution in [2.24, 2.45) is 5.92 Å². The number of aromatic nitrogens is 4. The summed E-state index contributed by atoms with van der Waals surface area (Å²) in [6.45, 7) is 8.23. The van der Waals surface area contributed by atoms with Crippen LogP contribution in [0, 0.1) is 12.8 Å². The molecule has 5 rings (SSSR count). The number of halogens is 1. The standard InChI is InChI=1S/C25H31FN6O2.C2H6.H2/c1-16-13-32(15-28-16)19-6-5-18(11-21(19)33-4)29-24-27-12-22-23(30-24)31(3)20(14-34-22)17-7-9-25(2,26)10-8-17;1-2;/h5-6,11-13,15,17,20H,7-10,14H2,1-4H3,(H,27,29,30);1-2H3;1H. The minimum Gasteiger partial charge on any atom is -0.494 e. The predicted molar refractivity (Wildman–Crippen MR) is 143 cm³/mol. The summed E-state index contributed by atoms with van der Waals surface area (Å²) in [5.41, 5.74) is 1.59. The fourth-order valence-electron chi connectivity index (χ4n) is 4.95. The number of hydrogen-bond donors (Lipinski definition) is 1. The molecule has 2 aliphatic rings. The quantitative estimate of drug-likeness (QED) is 0.455. The Kier molecular flexibility index (Phi) is 7.66. The van der Waals surface area contributed by atoms with Gasteiger partial charge in [0.15, 0.2) is 11.6 Å². The van der Waals surface area contributed by atoms with E-state index in [1.54, 1.807) is 26.6 Å². The monoisotopic (exact) mass is 498 g/mol. The van der Waals surface area contributed by atoms with Gasteiger partial charge in [0.1, 0.15) is 18.0 Å². The lowest BCUT2D eigenvalue weighted by molar-refractivity contribution is 0.0837. The van der Waals surface area contributed by atoms with Gasteiger partial charge in [-0.05, 0) is 57.6 Å². The van der Waals surface area contributed by atoms with Crippen molar-refractivity contribution in [1.82, 2.24) is 19.5 Å². The first-order valence-corrected chi connectivity index (χ1v) is 12.7. The number of alkyl halides is 1. The van der Waals surface area contributed by atoms with Crippen LogP contribution in [0.4, 0.5) is 21.8 Å². The van der Waals surface area contributed by atoms with Crippen molar-refractivity contribution in [3.63, 3.8) is 0 Å². The lowest BCUT2D eigenvalue weighted by Gasteiger charge is -2.42. The second-order valence-corrected chi connectivity index (χ2v) is 9.56. The zero-order chi connectivity index (χ0) is 25.9. The molecular formula is C27H39FN6O2. The second-order valence-electron chi connectivity index (χ2n) is 9.56. The molecule has 1 aliphatic carbocycles. The number of likely N-dealkylation sites (N-methyl/N-ethyl adjacent to an activating group) is 1. The van der Waals surface area contributed by atoms with Gasteiger partial charge in [0.25, 0.3) is 0 Å². The maximum absolute atomic E-state index is 14.3. The van der Waals surface area contributed by atoms with Crippen LogP contribution in [0.5, 0.6) is 11.5 Å². The van der Waals surface area contributed by atoms with E-state index in [-0.39, 0.29) is 7.47 Å². The molecule has 1 fully saturated rings. The van der Waals surface area contributed by atoms with Crippen molar-refractivity contribution in [2.75, 3.05) is 31.0 Å². The third kappa shape index (κ3) is 5.39. The molecule has 36 heavy (non-hydrogen) atoms. The van der Waals surface area contributed by atoms with E-state index in [1.165, 1.54) is 0 Å². The predicted octanol–water partition coefficient (Wildman–Crippen LogP) is 6.11. The molecule has 1 aromatic carbocycles. The summed E-state index contributed by atoms with van der Waals surface area (Å²) in [5.74, 6) is 2.98. The number of methoxy groups -OCH3 is 1. The molecule has 0 amide bonds. The Labute approximate surface area is 214 Å². The minimum atomic E-state index is -1.05. The molecule has 8 nitrogen and oxygen atoms in total. The highest BCUT2D eigenvalue weighted by Gasteiger charge is 2.38. The number of anilines is 3. The molecule has 1 saturated carbocycles. The smallest absolute Gasteiger partial charge is 0.229 e. The normalized spacial score (nSPS) is 23.1. The van der Waals surface area contributed by atoms with Crippen molar-refractivity contribution >= 4 is 17.5 Å². The van der Waals surface area contributed by atoms with Gasteiger partial charge >= 0.3 is 0 Å². The summed E-state index contributed by atoms with van der Waals surface area (Å²) < 4.78 is 27.8. The van der Waals surface area contributed by atoms with Gasteiger partial charge in [0.2, 0.25) is 5.95 Å². The van der Waals surface area contributed by atoms with Crippen LogP contribution in [0.2, 0.25) is 0 Å². The van der Waals surface area contributed by atoms with E-state index in [4.69, 9.17) is 14.5 Å². The average molecular weight is 499 g/mol. The highest BCUT2D eigenvalue weighted by atomic mass is 19.1. The van der Waals surface area contributed by atoms with Crippen LogP contribution in [0.1, 0.15) is 53.6 Å². The Morgan fingerprint density at radius 1 is 1.22 bits per heavy atom. The third-order valence-corrected chi connectivity index (χ3v) is 7.02. The van der Waals surface area contributed by atoms with Gasteiger partial charge in [-0.25, -0.2) is 14.4 Å². The van der Waals surface area contributed by atoms with Gasteiger partial charge in [0.05, 0.1) is 37.1 Å². The van der Waals surface area contributed by atoms with E-state index in [0.717, 1.165) is 35.7 Å². The molecule has 1 N–H and O–H groups in total. The molecule has 9 heteroatoms. The maximum atomic E-state index is 14.3. The molecular weight excluding hydrogens is 459 g/mol. The van der Waals surface area contributed by atoms with Crippen LogP contribution in [-0.4, -0.2) is 52.0 Å². The van der Waals surface area contributed by atoms with Gasteiger partial charge in [0, 0.05) is 26.4 Å². The second kappa shape index (κ2) is 10.7. The largest absolute Gasteiger partial charge is 0.494 e. The van der Waals surface area contributed by atoms with Crippen molar-refractivity contribution in [1.29, 1.82) is 0 Å². The van der Waals surface area contributed by atoms with Crippen LogP contribution in [-0.2, 0) is 0 Å². The number of nitrogens with zero attached hydrogens (tertiary/aromatic N) is 5. The van der Waals surface area contributed by atoms with Gasteiger partial charge in [-0.15, -0.1) is 0 Å². The fraction of sp³-hybridized carbons (Fsp3) is 0.519. The molecule has 2 aromatic heterocycles. The summed E-state index contributed by atoms with van der Waals surface area (Å²) in [7, 11) is 3.68. The molecule has 0 radical (unpaired) electrons. The number of rotatable bonds is 5. The van der Waals surface area contributed by atoms with E-state index < -0.39 is 5.67 Å². The van der Waals surface area contributed by atoms with Crippen LogP contribution < -0.4 is 19.7 Å². The maximum Gasteiger partial charge on any atom is 0.229 e. The Bertz CT molecular complexity index is 1180. The van der Waals surface area contributed by atoms with E-state index in [2.05, 4.69) is 20.2 Å². The van der Waals surface area contributed by atoms with Crippen molar-refractivity contribution in [3.05, 3.63) is 42.6 Å². The summed E-state index contributed by atoms with van der Waals surface area (Å²) in [6, 6.07) is 6.00. The Hall–Kier alpha value is -3.36. The van der Waals surface area contributed by atoms with Crippen LogP contribution >= 0.6 is 0 Å². The number of ether oxygens (including phenoxy) is 2. The first-order chi connectivity index (χ1) is 17.3. The molecule has 3 heterocycles. The van der Waals surface area contributed by atoms with E-state index in [0.29, 0.717) is 42.8 Å². The van der Waals surface area contributed by atoms with Crippen molar-refractivity contribution in [2.45, 2.75) is 65.1 Å². The summed E-state index contributed by atoms with van der Waals surface area (Å²) >= 11 is 0. The van der Waals surface area contributed by atoms with Crippen molar-refractivity contribution in [3.8, 4) is 17.2 Å². The minimum absolute atomic E-state index is 0. The molecule has 1 unspecified atom stereocenters. The molecule has 0 bridgehead atoms. The lowest BCUT2D eigenvalue weighted by atomic mass is 9.77. The average Bonchev–Trinajstić information content (AvgIpc) is 3.32. The first kappa shape index (κ1) is 25.7. The molecule has 3 aromatic rings. The van der Waals surface area contributed by atoms with Crippen molar-refractivity contribution < 1.29 is 15.3 Å². The number of imidazole rings is 1. The highest BCUT2D eigenvalue weighted by Crippen LogP contribution is 2.41. The van der Waals surface area contributed by atoms with Crippen LogP contribution in [0.25, 0.3) is 5.69 Å². The number of fused-ring (bicyclic) bond motifs is 1. The summed E-state index contributed by atoms with van der Waals surface area (Å²) in [5, 5.41) is 3.28. The Morgan fingerprint density at radius 3 is 2.64 bits per heavy atom. The number of hydrogen-bond acceptors (Lipinski definition) is 7. The van der Waals surface area contributed by atoms with E-state index >= 15 is 0 Å². The summed E-state index contributed by atoms with van der Waals surface area (Å²) in [4.78, 5) is 15.6. The van der Waals surface area contributed by atoms with Gasteiger partial charge < -0.3 is 24.3 Å². The first-order valence-electron chi connectivity index (χ1n) is 12.7. The highest BCUT2D eigenvalue weighted by molar-refractivity contribution is 5.64. The Morgan fingerprint density at radius 2 is 1.97 bits per heavy atom. The molecule has 196 valence electrons.